The molecule has 0 amide bonds. The average Bonchev–Trinajstić information content (AvgIpc) is 2.38. The second kappa shape index (κ2) is 4.23. The lowest BCUT2D eigenvalue weighted by atomic mass is 10.5. The van der Waals surface area contributed by atoms with E-state index in [1.165, 1.54) is 0 Å². The van der Waals surface area contributed by atoms with Crippen molar-refractivity contribution < 1.29 is 4.74 Å². The minimum Gasteiger partial charge on any atom is -0.475 e. The molecule has 0 fully saturated rings. The lowest BCUT2D eigenvalue weighted by molar-refractivity contribution is 0.387. The monoisotopic (exact) mass is 174 g/mol. The fourth-order valence-corrected chi connectivity index (χ4v) is 0.960. The quantitative estimate of drug-likeness (QED) is 0.652. The SMILES string of the molecule is CCCn1cc(OCCl)cn1. The van der Waals surface area contributed by atoms with Gasteiger partial charge in [0.05, 0.1) is 12.4 Å². The largest absolute Gasteiger partial charge is 0.475 e. The Kier molecular flexibility index (Phi) is 3.23. The Balaban J connectivity index is 2.51. The van der Waals surface area contributed by atoms with Crippen molar-refractivity contribution >= 4 is 11.6 Å². The number of alkyl halides is 1. The highest BCUT2D eigenvalue weighted by Crippen LogP contribution is 2.08. The van der Waals surface area contributed by atoms with Crippen LogP contribution in [0.4, 0.5) is 0 Å². The van der Waals surface area contributed by atoms with Crippen molar-refractivity contribution in [2.24, 2.45) is 0 Å². The van der Waals surface area contributed by atoms with Crippen LogP contribution in [0.2, 0.25) is 0 Å². The number of rotatable bonds is 4. The summed E-state index contributed by atoms with van der Waals surface area (Å²) in [6.45, 7) is 3.02. The summed E-state index contributed by atoms with van der Waals surface area (Å²) < 4.78 is 6.85. The van der Waals surface area contributed by atoms with Crippen molar-refractivity contribution in [2.45, 2.75) is 19.9 Å². The van der Waals surface area contributed by atoms with Gasteiger partial charge in [-0.25, -0.2) is 0 Å². The van der Waals surface area contributed by atoms with Crippen LogP contribution in [-0.2, 0) is 6.54 Å². The van der Waals surface area contributed by atoms with Crippen LogP contribution in [-0.4, -0.2) is 15.8 Å². The molecule has 0 aromatic carbocycles. The highest BCUT2D eigenvalue weighted by molar-refractivity contribution is 6.17. The molecular weight excluding hydrogens is 164 g/mol. The van der Waals surface area contributed by atoms with Crippen LogP contribution in [0.3, 0.4) is 0 Å². The third kappa shape index (κ3) is 2.42. The van der Waals surface area contributed by atoms with E-state index in [-0.39, 0.29) is 6.07 Å². The summed E-state index contributed by atoms with van der Waals surface area (Å²) in [4.78, 5) is 0. The standard InChI is InChI=1S/C7H11ClN2O/c1-2-3-10-5-7(4-9-10)11-6-8/h4-5H,2-3,6H2,1H3. The molecule has 0 saturated carbocycles. The molecule has 0 saturated heterocycles. The second-order valence-electron chi connectivity index (χ2n) is 2.19. The van der Waals surface area contributed by atoms with E-state index < -0.39 is 0 Å². The van der Waals surface area contributed by atoms with Gasteiger partial charge in [-0.05, 0) is 6.42 Å². The molecule has 0 N–H and O–H groups in total. The first kappa shape index (κ1) is 8.40. The van der Waals surface area contributed by atoms with Gasteiger partial charge in [0.25, 0.3) is 0 Å². The maximum absolute atomic E-state index is 5.36. The molecule has 0 bridgehead atoms. The fourth-order valence-electron chi connectivity index (χ4n) is 0.834. The minimum atomic E-state index is 0.178. The third-order valence-electron chi connectivity index (χ3n) is 1.28. The van der Waals surface area contributed by atoms with Crippen LogP contribution < -0.4 is 4.74 Å². The Labute approximate surface area is 70.9 Å². The number of aryl methyl sites for hydroxylation is 1. The van der Waals surface area contributed by atoms with E-state index in [0.29, 0.717) is 0 Å². The van der Waals surface area contributed by atoms with Crippen LogP contribution in [0.15, 0.2) is 12.4 Å². The zero-order valence-corrected chi connectivity index (χ0v) is 7.21. The van der Waals surface area contributed by atoms with Gasteiger partial charge in [-0.15, -0.1) is 0 Å². The van der Waals surface area contributed by atoms with Gasteiger partial charge in [0.15, 0.2) is 11.8 Å². The molecule has 62 valence electrons. The molecule has 1 heterocycles. The predicted octanol–water partition coefficient (Wildman–Crippen LogP) is 1.87. The molecule has 1 aromatic heterocycles. The molecule has 0 spiro atoms. The molecule has 0 aliphatic heterocycles. The maximum Gasteiger partial charge on any atom is 0.162 e. The lowest BCUT2D eigenvalue weighted by Gasteiger charge is -1.95. The summed E-state index contributed by atoms with van der Waals surface area (Å²) in [6, 6.07) is 0.178. The van der Waals surface area contributed by atoms with Crippen LogP contribution in [0.1, 0.15) is 13.3 Å². The van der Waals surface area contributed by atoms with Gasteiger partial charge in [-0.3, -0.25) is 4.68 Å². The molecule has 4 heteroatoms. The fraction of sp³-hybridized carbons (Fsp3) is 0.571. The van der Waals surface area contributed by atoms with E-state index in [0.717, 1.165) is 18.7 Å². The van der Waals surface area contributed by atoms with E-state index in [1.807, 2.05) is 10.9 Å². The number of aromatic nitrogens is 2. The van der Waals surface area contributed by atoms with Crippen LogP contribution in [0, 0.1) is 0 Å². The van der Waals surface area contributed by atoms with E-state index in [1.54, 1.807) is 6.20 Å². The Morgan fingerprint density at radius 1 is 1.73 bits per heavy atom. The van der Waals surface area contributed by atoms with E-state index >= 15 is 0 Å². The first-order valence-corrected chi connectivity index (χ1v) is 4.11. The van der Waals surface area contributed by atoms with Crippen molar-refractivity contribution in [3.05, 3.63) is 12.4 Å². The van der Waals surface area contributed by atoms with Crippen molar-refractivity contribution in [3.8, 4) is 5.75 Å². The van der Waals surface area contributed by atoms with Crippen molar-refractivity contribution in [1.82, 2.24) is 9.78 Å². The predicted molar refractivity (Wildman–Crippen MR) is 43.9 cm³/mol. The Bertz CT molecular complexity index is 191. The van der Waals surface area contributed by atoms with Gasteiger partial charge < -0.3 is 4.74 Å². The minimum absolute atomic E-state index is 0.178. The van der Waals surface area contributed by atoms with Gasteiger partial charge in [-0.2, -0.15) is 5.10 Å². The summed E-state index contributed by atoms with van der Waals surface area (Å²) in [6.07, 6.45) is 4.58. The van der Waals surface area contributed by atoms with Crippen LogP contribution in [0.25, 0.3) is 0 Å². The number of halogens is 1. The summed E-state index contributed by atoms with van der Waals surface area (Å²) in [5.41, 5.74) is 0. The first-order valence-electron chi connectivity index (χ1n) is 3.58. The Hall–Kier alpha value is -0.700. The smallest absolute Gasteiger partial charge is 0.162 e. The van der Waals surface area contributed by atoms with Gasteiger partial charge in [-0.1, -0.05) is 18.5 Å². The molecule has 1 aromatic rings. The third-order valence-corrected chi connectivity index (χ3v) is 1.39. The number of nitrogens with zero attached hydrogens (tertiary/aromatic N) is 2. The van der Waals surface area contributed by atoms with E-state index in [9.17, 15) is 0 Å². The highest BCUT2D eigenvalue weighted by Gasteiger charge is 1.96. The molecular formula is C7H11ClN2O. The maximum atomic E-state index is 5.36. The van der Waals surface area contributed by atoms with Crippen molar-refractivity contribution in [3.63, 3.8) is 0 Å². The first-order chi connectivity index (χ1) is 5.36. The van der Waals surface area contributed by atoms with E-state index in [4.69, 9.17) is 16.3 Å². The van der Waals surface area contributed by atoms with Gasteiger partial charge in [0.2, 0.25) is 0 Å². The average molecular weight is 175 g/mol. The molecule has 1 rings (SSSR count). The van der Waals surface area contributed by atoms with Gasteiger partial charge in [0, 0.05) is 6.54 Å². The molecule has 0 aliphatic carbocycles. The molecule has 11 heavy (non-hydrogen) atoms. The number of ether oxygens (including phenoxy) is 1. The molecule has 0 atom stereocenters. The highest BCUT2D eigenvalue weighted by atomic mass is 35.5. The summed E-state index contributed by atoms with van der Waals surface area (Å²) in [7, 11) is 0. The number of hydrogen-bond donors (Lipinski definition) is 0. The summed E-state index contributed by atoms with van der Waals surface area (Å²) in [5, 5.41) is 4.06. The zero-order chi connectivity index (χ0) is 8.10. The summed E-state index contributed by atoms with van der Waals surface area (Å²) in [5.74, 6) is 0.730. The van der Waals surface area contributed by atoms with Crippen LogP contribution >= 0.6 is 11.6 Å². The normalized spacial score (nSPS) is 10.0. The number of hydrogen-bond acceptors (Lipinski definition) is 2. The van der Waals surface area contributed by atoms with Gasteiger partial charge >= 0.3 is 0 Å². The molecule has 3 nitrogen and oxygen atoms in total. The van der Waals surface area contributed by atoms with Crippen molar-refractivity contribution in [2.75, 3.05) is 6.07 Å². The molecule has 0 unspecified atom stereocenters. The van der Waals surface area contributed by atoms with Crippen molar-refractivity contribution in [1.29, 1.82) is 0 Å². The van der Waals surface area contributed by atoms with Crippen LogP contribution in [0.5, 0.6) is 5.75 Å². The topological polar surface area (TPSA) is 27.1 Å². The second-order valence-corrected chi connectivity index (χ2v) is 2.41. The Morgan fingerprint density at radius 3 is 3.18 bits per heavy atom. The lowest BCUT2D eigenvalue weighted by Crippen LogP contribution is -1.95. The zero-order valence-electron chi connectivity index (χ0n) is 6.46. The Morgan fingerprint density at radius 2 is 2.55 bits per heavy atom. The molecule has 0 aliphatic rings. The van der Waals surface area contributed by atoms with E-state index in [2.05, 4.69) is 12.0 Å². The summed E-state index contributed by atoms with van der Waals surface area (Å²) >= 11 is 5.36. The van der Waals surface area contributed by atoms with Gasteiger partial charge in [0.1, 0.15) is 0 Å². The molecule has 0 radical (unpaired) electrons.